The normalized spacial score (nSPS) is 11.6. The minimum absolute atomic E-state index is 1.19. The Morgan fingerprint density at radius 1 is 0.340 bits per heavy atom. The summed E-state index contributed by atoms with van der Waals surface area (Å²) in [6, 6.07) is 45.0. The lowest BCUT2D eigenvalue weighted by Gasteiger charge is -2.02. The van der Waals surface area contributed by atoms with E-state index in [9.17, 15) is 0 Å². The number of hydrogen-bond donors (Lipinski definition) is 0. The van der Waals surface area contributed by atoms with Gasteiger partial charge in [-0.05, 0) is 94.5 Å². The van der Waals surface area contributed by atoms with Crippen molar-refractivity contribution < 1.29 is 0 Å². The van der Waals surface area contributed by atoms with Crippen LogP contribution in [0.2, 0.25) is 0 Å². The van der Waals surface area contributed by atoms with Gasteiger partial charge in [0.15, 0.2) is 0 Å². The Morgan fingerprint density at radius 3 is 1.00 bits per heavy atom. The summed E-state index contributed by atoms with van der Waals surface area (Å²) in [4.78, 5) is 5.25. The molecule has 0 spiro atoms. The quantitative estimate of drug-likeness (QED) is 0.0660. The third kappa shape index (κ3) is 10.4. The number of rotatable bonds is 17. The van der Waals surface area contributed by atoms with E-state index < -0.39 is 0 Å². The fourth-order valence-electron chi connectivity index (χ4n) is 6.26. The van der Waals surface area contributed by atoms with Crippen LogP contribution in [0, 0.1) is 0 Å². The van der Waals surface area contributed by atoms with Crippen LogP contribution in [0.1, 0.15) is 98.6 Å². The molecule has 50 heavy (non-hydrogen) atoms. The van der Waals surface area contributed by atoms with Gasteiger partial charge >= 0.3 is 0 Å². The van der Waals surface area contributed by atoms with Gasteiger partial charge in [0.2, 0.25) is 0 Å². The van der Waals surface area contributed by atoms with Gasteiger partial charge in [0.05, 0.1) is 0 Å². The molecule has 6 aromatic rings. The van der Waals surface area contributed by atoms with Gasteiger partial charge in [0, 0.05) is 19.5 Å². The largest absolute Gasteiger partial charge is 0.134 e. The molecule has 0 unspecified atom stereocenters. The van der Waals surface area contributed by atoms with Crippen molar-refractivity contribution in [2.24, 2.45) is 0 Å². The Bertz CT molecular complexity index is 1780. The van der Waals surface area contributed by atoms with Crippen molar-refractivity contribution in [2.75, 3.05) is 0 Å². The Hall–Kier alpha value is -4.24. The zero-order chi connectivity index (χ0) is 34.4. The van der Waals surface area contributed by atoms with Gasteiger partial charge in [-0.15, -0.1) is 22.7 Å². The van der Waals surface area contributed by atoms with Gasteiger partial charge in [-0.25, -0.2) is 0 Å². The van der Waals surface area contributed by atoms with Crippen LogP contribution >= 0.6 is 22.7 Å². The number of thiophene rings is 2. The molecule has 0 amide bonds. The van der Waals surface area contributed by atoms with Gasteiger partial charge < -0.3 is 0 Å². The van der Waals surface area contributed by atoms with Crippen molar-refractivity contribution in [3.8, 4) is 30.6 Å². The van der Waals surface area contributed by atoms with E-state index in [0.29, 0.717) is 0 Å². The number of benzene rings is 4. The molecule has 2 heteroatoms. The Labute approximate surface area is 308 Å². The number of unbranched alkanes of at least 4 members (excludes halogenated alkanes) is 6. The van der Waals surface area contributed by atoms with E-state index in [-0.39, 0.29) is 0 Å². The average molecular weight is 691 g/mol. The lowest BCUT2D eigenvalue weighted by Crippen LogP contribution is -1.85. The van der Waals surface area contributed by atoms with Crippen LogP contribution in [0.4, 0.5) is 0 Å². The molecule has 0 aliphatic heterocycles. The molecule has 0 nitrogen and oxygen atoms in total. The molecule has 4 aromatic carbocycles. The molecule has 254 valence electrons. The summed E-state index contributed by atoms with van der Waals surface area (Å²) < 4.78 is 0. The zero-order valence-electron chi connectivity index (χ0n) is 29.7. The van der Waals surface area contributed by atoms with E-state index in [4.69, 9.17) is 0 Å². The van der Waals surface area contributed by atoms with Crippen molar-refractivity contribution in [3.63, 3.8) is 0 Å². The molecule has 6 rings (SSSR count). The maximum absolute atomic E-state index is 2.28. The van der Waals surface area contributed by atoms with Crippen molar-refractivity contribution in [2.45, 2.75) is 78.1 Å². The summed E-state index contributed by atoms with van der Waals surface area (Å²) in [5, 5.41) is 0. The molecule has 0 bridgehead atoms. The molecule has 0 N–H and O–H groups in total. The highest BCUT2D eigenvalue weighted by molar-refractivity contribution is 7.25. The highest BCUT2D eigenvalue weighted by Gasteiger charge is 2.09. The second-order valence-electron chi connectivity index (χ2n) is 13.3. The molecule has 0 aliphatic rings. The van der Waals surface area contributed by atoms with Crippen LogP contribution in [-0.4, -0.2) is 0 Å². The molecule has 0 saturated carbocycles. The molecular formula is C48H50S2. The van der Waals surface area contributed by atoms with Crippen molar-refractivity contribution >= 4 is 47.0 Å². The summed E-state index contributed by atoms with van der Waals surface area (Å²) in [5.41, 5.74) is 10.4. The second kappa shape index (κ2) is 18.7. The van der Waals surface area contributed by atoms with Gasteiger partial charge in [-0.1, -0.05) is 174 Å². The summed E-state index contributed by atoms with van der Waals surface area (Å²) >= 11 is 3.74. The van der Waals surface area contributed by atoms with Gasteiger partial charge in [-0.2, -0.15) is 0 Å². The first-order valence-electron chi connectivity index (χ1n) is 18.6. The summed E-state index contributed by atoms with van der Waals surface area (Å²) in [6.07, 6.45) is 21.7. The molecule has 2 heterocycles. The highest BCUT2D eigenvalue weighted by Crippen LogP contribution is 2.40. The standard InChI is InChI=1S/C48H50S2/c1-3-5-7-9-11-37-13-17-39(18-14-37)21-23-41-25-29-43(30-26-41)45-33-35-47(49-45)48-36-34-46(50-48)44-31-27-42(28-32-44)24-22-40-19-15-38(16-20-40)12-10-8-6-4-2/h13-36H,3-12H2,1-2H3. The van der Waals surface area contributed by atoms with Crippen LogP contribution in [-0.2, 0) is 12.8 Å². The minimum Gasteiger partial charge on any atom is -0.134 e. The van der Waals surface area contributed by atoms with E-state index in [1.807, 2.05) is 22.7 Å². The van der Waals surface area contributed by atoms with E-state index in [0.717, 1.165) is 0 Å². The van der Waals surface area contributed by atoms with Crippen LogP contribution < -0.4 is 0 Å². The summed E-state index contributed by atoms with van der Waals surface area (Å²) in [5.74, 6) is 0. The maximum Gasteiger partial charge on any atom is 0.0449 e. The highest BCUT2D eigenvalue weighted by atomic mass is 32.1. The maximum atomic E-state index is 2.28. The van der Waals surface area contributed by atoms with Gasteiger partial charge in [-0.3, -0.25) is 0 Å². The molecule has 0 saturated heterocycles. The van der Waals surface area contributed by atoms with Crippen molar-refractivity contribution in [1.29, 1.82) is 0 Å². The molecule has 0 aliphatic carbocycles. The van der Waals surface area contributed by atoms with E-state index in [2.05, 4.69) is 159 Å². The number of aryl methyl sites for hydroxylation is 2. The van der Waals surface area contributed by atoms with Crippen molar-refractivity contribution in [1.82, 2.24) is 0 Å². The Morgan fingerprint density at radius 2 is 0.660 bits per heavy atom. The predicted octanol–water partition coefficient (Wildman–Crippen LogP) is 15.4. The van der Waals surface area contributed by atoms with Crippen LogP contribution in [0.3, 0.4) is 0 Å². The van der Waals surface area contributed by atoms with E-state index in [1.54, 1.807) is 0 Å². The van der Waals surface area contributed by atoms with E-state index >= 15 is 0 Å². The average Bonchev–Trinajstić information content (AvgIpc) is 3.86. The predicted molar refractivity (Wildman–Crippen MR) is 225 cm³/mol. The van der Waals surface area contributed by atoms with Crippen LogP contribution in [0.25, 0.3) is 54.9 Å². The minimum atomic E-state index is 1.19. The van der Waals surface area contributed by atoms with E-state index in [1.165, 1.54) is 128 Å². The molecular weight excluding hydrogens is 641 g/mol. The first-order chi connectivity index (χ1) is 24.7. The number of hydrogen-bond acceptors (Lipinski definition) is 2. The molecule has 0 atom stereocenters. The van der Waals surface area contributed by atoms with Crippen LogP contribution in [0.5, 0.6) is 0 Å². The lowest BCUT2D eigenvalue weighted by molar-refractivity contribution is 0.667. The SMILES string of the molecule is CCCCCCc1ccc(C=Cc2ccc(-c3ccc(-c4ccc(-c5ccc(C=Cc6ccc(CCCCCC)cc6)cc5)s4)s3)cc2)cc1. The lowest BCUT2D eigenvalue weighted by atomic mass is 10.0. The zero-order valence-corrected chi connectivity index (χ0v) is 31.4. The molecule has 0 radical (unpaired) electrons. The first kappa shape index (κ1) is 35.6. The fraction of sp³-hybridized carbons (Fsp3) is 0.250. The Kier molecular flexibility index (Phi) is 13.3. The summed E-state index contributed by atoms with van der Waals surface area (Å²) in [6.45, 7) is 4.53. The Balaban J connectivity index is 1.01. The second-order valence-corrected chi connectivity index (χ2v) is 15.5. The first-order valence-corrected chi connectivity index (χ1v) is 20.2. The smallest absolute Gasteiger partial charge is 0.0449 e. The molecule has 0 fully saturated rings. The summed E-state index contributed by atoms with van der Waals surface area (Å²) in [7, 11) is 0. The third-order valence-electron chi connectivity index (χ3n) is 9.38. The van der Waals surface area contributed by atoms with Gasteiger partial charge in [0.1, 0.15) is 0 Å². The fourth-order valence-corrected chi connectivity index (χ4v) is 8.37. The molecule has 2 aromatic heterocycles. The van der Waals surface area contributed by atoms with Gasteiger partial charge in [0.25, 0.3) is 0 Å². The third-order valence-corrected chi connectivity index (χ3v) is 11.8. The van der Waals surface area contributed by atoms with Crippen molar-refractivity contribution in [3.05, 3.63) is 155 Å². The topological polar surface area (TPSA) is 0 Å². The monoisotopic (exact) mass is 690 g/mol. The van der Waals surface area contributed by atoms with Crippen LogP contribution in [0.15, 0.2) is 121 Å².